The number of para-hydroxylation sites is 9. The lowest BCUT2D eigenvalue weighted by molar-refractivity contribution is 0.999. The van der Waals surface area contributed by atoms with Crippen molar-refractivity contribution in [3.8, 4) is 17.3 Å². The van der Waals surface area contributed by atoms with Crippen LogP contribution in [-0.4, -0.2) is 23.7 Å². The highest BCUT2D eigenvalue weighted by Crippen LogP contribution is 2.46. The van der Waals surface area contributed by atoms with E-state index in [0.29, 0.717) is 5.95 Å². The van der Waals surface area contributed by atoms with Crippen molar-refractivity contribution in [2.45, 2.75) is 0 Å². The summed E-state index contributed by atoms with van der Waals surface area (Å²) in [6, 6.07) is 117. The van der Waals surface area contributed by atoms with E-state index in [0.717, 1.165) is 128 Å². The highest BCUT2D eigenvalue weighted by molar-refractivity contribution is 6.14. The highest BCUT2D eigenvalue weighted by atomic mass is 15.3. The minimum atomic E-state index is 0.549. The zero-order chi connectivity index (χ0) is 58.1. The fourth-order valence-electron chi connectivity index (χ4n) is 13.3. The van der Waals surface area contributed by atoms with Gasteiger partial charge in [0.25, 0.3) is 0 Å². The van der Waals surface area contributed by atoms with Crippen molar-refractivity contribution in [3.05, 3.63) is 328 Å². The van der Waals surface area contributed by atoms with E-state index >= 15 is 0 Å². The zero-order valence-electron chi connectivity index (χ0n) is 47.8. The first kappa shape index (κ1) is 50.5. The molecule has 0 aliphatic heterocycles. The first-order valence-corrected chi connectivity index (χ1v) is 29.8. The van der Waals surface area contributed by atoms with Gasteiger partial charge in [0, 0.05) is 94.6 Å². The topological polar surface area (TPSA) is 50.3 Å². The standard InChI is InChI=1S/C80H54N8/c1-7-25-55(26-8-1)83(56-27-9-2-10-28-56)62-43-47-69-66-38-20-23-41-74(66)87(77(69)52-62)61-46-50-72-71(51-61)79(85(59-33-15-5-16-34-59)64-45-49-68-65-37-19-22-40-73(65)86(76(68)54-64)60-35-17-6-18-36-60)82-80(81-72)88-75-42-24-21-39-67(75)70-48-44-63(53-78(70)88)84(57-29-11-3-12-30-57)58-31-13-4-14-32-58/h1-54H. The maximum atomic E-state index is 5.98. The van der Waals surface area contributed by atoms with Gasteiger partial charge in [-0.2, -0.15) is 4.98 Å². The predicted octanol–water partition coefficient (Wildman–Crippen LogP) is 21.3. The Morgan fingerprint density at radius 3 is 0.966 bits per heavy atom. The van der Waals surface area contributed by atoms with Crippen LogP contribution in [0.3, 0.4) is 0 Å². The molecule has 8 heteroatoms. The molecular formula is C80H54N8. The highest BCUT2D eigenvalue weighted by Gasteiger charge is 2.26. The molecule has 0 bridgehead atoms. The van der Waals surface area contributed by atoms with Gasteiger partial charge in [0.1, 0.15) is 0 Å². The summed E-state index contributed by atoms with van der Waals surface area (Å²) in [7, 11) is 0. The monoisotopic (exact) mass is 1130 g/mol. The predicted molar refractivity (Wildman–Crippen MR) is 367 cm³/mol. The van der Waals surface area contributed by atoms with Crippen LogP contribution in [0.15, 0.2) is 328 Å². The van der Waals surface area contributed by atoms with Gasteiger partial charge >= 0.3 is 0 Å². The van der Waals surface area contributed by atoms with Crippen LogP contribution in [0.1, 0.15) is 0 Å². The molecule has 0 radical (unpaired) electrons. The van der Waals surface area contributed by atoms with Gasteiger partial charge in [0.05, 0.1) is 38.6 Å². The number of benzene rings is 13. The molecule has 0 atom stereocenters. The number of fused-ring (bicyclic) bond motifs is 10. The summed E-state index contributed by atoms with van der Waals surface area (Å²) >= 11 is 0. The molecule has 414 valence electrons. The first-order chi connectivity index (χ1) is 43.7. The number of hydrogen-bond donors (Lipinski definition) is 0. The van der Waals surface area contributed by atoms with Crippen LogP contribution in [0.5, 0.6) is 0 Å². The average molecular weight is 1130 g/mol. The number of anilines is 9. The van der Waals surface area contributed by atoms with Gasteiger partial charge in [-0.3, -0.25) is 9.47 Å². The molecule has 17 aromatic rings. The summed E-state index contributed by atoms with van der Waals surface area (Å²) in [5.41, 5.74) is 17.5. The molecule has 4 heterocycles. The van der Waals surface area contributed by atoms with Crippen molar-refractivity contribution in [2.75, 3.05) is 14.7 Å². The van der Waals surface area contributed by atoms with E-state index in [1.165, 1.54) is 10.8 Å². The number of aromatic nitrogens is 5. The van der Waals surface area contributed by atoms with E-state index in [-0.39, 0.29) is 0 Å². The van der Waals surface area contributed by atoms with Crippen molar-refractivity contribution in [1.29, 1.82) is 0 Å². The summed E-state index contributed by atoms with van der Waals surface area (Å²) in [6.45, 7) is 0. The van der Waals surface area contributed by atoms with Crippen LogP contribution >= 0.6 is 0 Å². The normalized spacial score (nSPS) is 11.6. The Balaban J connectivity index is 0.946. The van der Waals surface area contributed by atoms with Crippen molar-refractivity contribution in [2.24, 2.45) is 0 Å². The van der Waals surface area contributed by atoms with E-state index < -0.39 is 0 Å². The molecule has 0 fully saturated rings. The first-order valence-electron chi connectivity index (χ1n) is 29.8. The van der Waals surface area contributed by atoms with Gasteiger partial charge in [-0.05, 0) is 146 Å². The molecule has 0 spiro atoms. The third kappa shape index (κ3) is 8.37. The van der Waals surface area contributed by atoms with Gasteiger partial charge in [-0.15, -0.1) is 0 Å². The van der Waals surface area contributed by atoms with Crippen molar-refractivity contribution < 1.29 is 0 Å². The third-order valence-corrected chi connectivity index (χ3v) is 17.2. The minimum Gasteiger partial charge on any atom is -0.310 e. The maximum Gasteiger partial charge on any atom is 0.237 e. The Morgan fingerprint density at radius 1 is 0.205 bits per heavy atom. The molecule has 17 rings (SSSR count). The second-order valence-corrected chi connectivity index (χ2v) is 22.2. The zero-order valence-corrected chi connectivity index (χ0v) is 47.8. The molecule has 4 aromatic heterocycles. The summed E-state index contributed by atoms with van der Waals surface area (Å²) in [5.74, 6) is 1.28. The summed E-state index contributed by atoms with van der Waals surface area (Å²) < 4.78 is 7.06. The van der Waals surface area contributed by atoms with Crippen LogP contribution in [0, 0.1) is 0 Å². The summed E-state index contributed by atoms with van der Waals surface area (Å²) in [6.07, 6.45) is 0. The van der Waals surface area contributed by atoms with Crippen LogP contribution in [-0.2, 0) is 0 Å². The Bertz CT molecular complexity index is 5370. The Kier molecular flexibility index (Phi) is 12.0. The van der Waals surface area contributed by atoms with Crippen molar-refractivity contribution in [1.82, 2.24) is 23.7 Å². The van der Waals surface area contributed by atoms with E-state index in [2.05, 4.69) is 356 Å². The van der Waals surface area contributed by atoms with Gasteiger partial charge in [-0.1, -0.05) is 182 Å². The molecule has 0 unspecified atom stereocenters. The molecule has 0 aliphatic rings. The average Bonchev–Trinajstić information content (AvgIpc) is 1.90. The fourth-order valence-corrected chi connectivity index (χ4v) is 13.3. The molecule has 13 aromatic carbocycles. The molecule has 8 nitrogen and oxygen atoms in total. The SMILES string of the molecule is c1ccc(N(c2ccccc2)c2ccc3c4ccccc4n(-c4ccc5nc(-n6c7ccccc7c7ccc(N(c8ccccc8)c8ccccc8)cc76)nc(N(c6ccccc6)c6ccc7c8ccccc8n(-c8ccccc8)c7c6)c5c4)c3c2)cc1. The fraction of sp³-hybridized carbons (Fsp3) is 0. The quantitative estimate of drug-likeness (QED) is 0.122. The van der Waals surface area contributed by atoms with Gasteiger partial charge in [0.2, 0.25) is 5.95 Å². The smallest absolute Gasteiger partial charge is 0.237 e. The third-order valence-electron chi connectivity index (χ3n) is 17.2. The van der Waals surface area contributed by atoms with E-state index in [4.69, 9.17) is 9.97 Å². The lowest BCUT2D eigenvalue weighted by Gasteiger charge is -2.27. The van der Waals surface area contributed by atoms with E-state index in [1.807, 2.05) is 0 Å². The molecule has 88 heavy (non-hydrogen) atoms. The molecule has 0 amide bonds. The van der Waals surface area contributed by atoms with E-state index in [9.17, 15) is 0 Å². The molecular weight excluding hydrogens is 1070 g/mol. The van der Waals surface area contributed by atoms with Crippen LogP contribution in [0.25, 0.3) is 93.6 Å². The Morgan fingerprint density at radius 2 is 0.534 bits per heavy atom. The molecule has 0 saturated heterocycles. The lowest BCUT2D eigenvalue weighted by Crippen LogP contribution is -2.15. The van der Waals surface area contributed by atoms with Crippen LogP contribution in [0.4, 0.5) is 51.3 Å². The minimum absolute atomic E-state index is 0.549. The van der Waals surface area contributed by atoms with Crippen molar-refractivity contribution >= 4 is 128 Å². The van der Waals surface area contributed by atoms with E-state index in [1.54, 1.807) is 0 Å². The second kappa shape index (κ2) is 21.0. The molecule has 0 aliphatic carbocycles. The number of hydrogen-bond acceptors (Lipinski definition) is 5. The number of rotatable bonds is 12. The molecule has 0 N–H and O–H groups in total. The maximum absolute atomic E-state index is 5.98. The number of nitrogens with zero attached hydrogens (tertiary/aromatic N) is 8. The Labute approximate surface area is 508 Å². The van der Waals surface area contributed by atoms with Crippen molar-refractivity contribution in [3.63, 3.8) is 0 Å². The van der Waals surface area contributed by atoms with Gasteiger partial charge in [-0.25, -0.2) is 4.98 Å². The largest absolute Gasteiger partial charge is 0.310 e. The summed E-state index contributed by atoms with van der Waals surface area (Å²) in [4.78, 5) is 18.7. The van der Waals surface area contributed by atoms with Crippen LogP contribution in [0.2, 0.25) is 0 Å². The van der Waals surface area contributed by atoms with Gasteiger partial charge in [0.15, 0.2) is 5.82 Å². The Hall–Kier alpha value is -12.0. The second-order valence-electron chi connectivity index (χ2n) is 22.2. The molecule has 0 saturated carbocycles. The van der Waals surface area contributed by atoms with Crippen LogP contribution < -0.4 is 14.7 Å². The summed E-state index contributed by atoms with van der Waals surface area (Å²) in [5, 5.41) is 7.77. The van der Waals surface area contributed by atoms with Gasteiger partial charge < -0.3 is 18.9 Å². The lowest BCUT2D eigenvalue weighted by atomic mass is 10.1.